The lowest BCUT2D eigenvalue weighted by atomic mass is 10.0. The monoisotopic (exact) mass is 268 g/mol. The molecule has 0 saturated carbocycles. The topological polar surface area (TPSA) is 63.6 Å². The van der Waals surface area contributed by atoms with Crippen LogP contribution in [0, 0.1) is 0 Å². The highest BCUT2D eigenvalue weighted by Crippen LogP contribution is 2.33. The van der Waals surface area contributed by atoms with Gasteiger partial charge in [0, 0.05) is 12.0 Å². The number of hydrogen-bond donors (Lipinski definition) is 1. The first kappa shape index (κ1) is 12.4. The van der Waals surface area contributed by atoms with Crippen molar-refractivity contribution in [3.8, 4) is 11.5 Å². The van der Waals surface area contributed by atoms with Crippen molar-refractivity contribution in [2.24, 2.45) is 0 Å². The molecule has 4 heteroatoms. The summed E-state index contributed by atoms with van der Waals surface area (Å²) in [5, 5.41) is 8.82. The van der Waals surface area contributed by atoms with Gasteiger partial charge in [-0.05, 0) is 23.8 Å². The number of carboxylic acid groups (broad SMARTS) is 1. The van der Waals surface area contributed by atoms with Gasteiger partial charge in [-0.15, -0.1) is 0 Å². The molecule has 0 bridgehead atoms. The summed E-state index contributed by atoms with van der Waals surface area (Å²) in [6, 6.07) is 12.3. The van der Waals surface area contributed by atoms with Gasteiger partial charge in [-0.1, -0.05) is 24.3 Å². The molecular formula is C16H12O4. The number of fused-ring (bicyclic) bond motifs is 2. The van der Waals surface area contributed by atoms with Crippen LogP contribution in [-0.4, -0.2) is 16.9 Å². The number of carbonyl (C=O) groups is 2. The average Bonchev–Trinajstić information content (AvgIpc) is 2.54. The molecule has 0 atom stereocenters. The molecule has 1 aliphatic heterocycles. The molecule has 100 valence electrons. The minimum absolute atomic E-state index is 0.0215. The van der Waals surface area contributed by atoms with Gasteiger partial charge in [0.2, 0.25) is 0 Å². The quantitative estimate of drug-likeness (QED) is 0.909. The Morgan fingerprint density at radius 2 is 1.95 bits per heavy atom. The van der Waals surface area contributed by atoms with Crippen molar-refractivity contribution in [1.82, 2.24) is 0 Å². The van der Waals surface area contributed by atoms with Gasteiger partial charge in [-0.25, -0.2) is 0 Å². The summed E-state index contributed by atoms with van der Waals surface area (Å²) in [6.45, 7) is 0. The zero-order valence-electron chi connectivity index (χ0n) is 10.6. The first-order valence-corrected chi connectivity index (χ1v) is 6.27. The van der Waals surface area contributed by atoms with E-state index in [-0.39, 0.29) is 18.6 Å². The van der Waals surface area contributed by atoms with Crippen LogP contribution >= 0.6 is 0 Å². The summed E-state index contributed by atoms with van der Waals surface area (Å²) < 4.78 is 5.76. The minimum Gasteiger partial charge on any atom is -0.481 e. The molecule has 1 aliphatic rings. The van der Waals surface area contributed by atoms with E-state index in [1.807, 2.05) is 6.07 Å². The lowest BCUT2D eigenvalue weighted by Crippen LogP contribution is -2.03. The maximum atomic E-state index is 12.2. The SMILES string of the molecule is O=C(O)Cc1ccc2c(c1)CC(=O)c1ccccc1O2. The van der Waals surface area contributed by atoms with Crippen molar-refractivity contribution in [3.63, 3.8) is 0 Å². The van der Waals surface area contributed by atoms with Crippen LogP contribution in [0.1, 0.15) is 21.5 Å². The maximum absolute atomic E-state index is 12.2. The summed E-state index contributed by atoms with van der Waals surface area (Å²) in [4.78, 5) is 23.0. The van der Waals surface area contributed by atoms with E-state index in [4.69, 9.17) is 9.84 Å². The Balaban J connectivity index is 2.02. The first-order chi connectivity index (χ1) is 9.63. The molecule has 1 heterocycles. The van der Waals surface area contributed by atoms with Crippen LogP contribution in [0.4, 0.5) is 0 Å². The lowest BCUT2D eigenvalue weighted by Gasteiger charge is -2.08. The Kier molecular flexibility index (Phi) is 2.99. The number of aliphatic carboxylic acids is 1. The summed E-state index contributed by atoms with van der Waals surface area (Å²) in [5.41, 5.74) is 1.95. The molecule has 0 saturated heterocycles. The van der Waals surface area contributed by atoms with Crippen molar-refractivity contribution in [3.05, 3.63) is 59.2 Å². The van der Waals surface area contributed by atoms with Gasteiger partial charge >= 0.3 is 5.97 Å². The van der Waals surface area contributed by atoms with Crippen LogP contribution in [0.15, 0.2) is 42.5 Å². The van der Waals surface area contributed by atoms with Crippen molar-refractivity contribution in [2.45, 2.75) is 12.8 Å². The number of carbonyl (C=O) groups excluding carboxylic acids is 1. The smallest absolute Gasteiger partial charge is 0.307 e. The molecule has 2 aromatic carbocycles. The van der Waals surface area contributed by atoms with Crippen LogP contribution < -0.4 is 4.74 Å². The van der Waals surface area contributed by atoms with Crippen molar-refractivity contribution in [2.75, 3.05) is 0 Å². The van der Waals surface area contributed by atoms with E-state index in [0.717, 1.165) is 5.56 Å². The molecule has 0 aliphatic carbocycles. The van der Waals surface area contributed by atoms with Gasteiger partial charge in [0.1, 0.15) is 11.5 Å². The maximum Gasteiger partial charge on any atom is 0.307 e. The summed E-state index contributed by atoms with van der Waals surface area (Å²) in [7, 11) is 0. The van der Waals surface area contributed by atoms with Crippen LogP contribution in [0.3, 0.4) is 0 Å². The molecule has 1 N–H and O–H groups in total. The fourth-order valence-electron chi connectivity index (χ4n) is 2.33. The molecule has 3 rings (SSSR count). The van der Waals surface area contributed by atoms with E-state index >= 15 is 0 Å². The lowest BCUT2D eigenvalue weighted by molar-refractivity contribution is -0.136. The molecule has 0 fully saturated rings. The van der Waals surface area contributed by atoms with E-state index in [1.54, 1.807) is 36.4 Å². The molecule has 0 unspecified atom stereocenters. The highest BCUT2D eigenvalue weighted by Gasteiger charge is 2.21. The molecular weight excluding hydrogens is 256 g/mol. The highest BCUT2D eigenvalue weighted by molar-refractivity contribution is 6.01. The van der Waals surface area contributed by atoms with E-state index in [2.05, 4.69) is 0 Å². The average molecular weight is 268 g/mol. The number of carboxylic acids is 1. The van der Waals surface area contributed by atoms with Crippen LogP contribution in [0.2, 0.25) is 0 Å². The molecule has 2 aromatic rings. The number of para-hydroxylation sites is 1. The largest absolute Gasteiger partial charge is 0.481 e. The third kappa shape index (κ3) is 2.28. The van der Waals surface area contributed by atoms with E-state index < -0.39 is 5.97 Å². The van der Waals surface area contributed by atoms with Gasteiger partial charge < -0.3 is 9.84 Å². The highest BCUT2D eigenvalue weighted by atomic mass is 16.5. The Hall–Kier alpha value is -2.62. The van der Waals surface area contributed by atoms with E-state index in [9.17, 15) is 9.59 Å². The standard InChI is InChI=1S/C16H12O4/c17-13-9-11-7-10(8-16(18)19)5-6-14(11)20-15-4-2-1-3-12(13)15/h1-7H,8-9H2,(H,18,19). The van der Waals surface area contributed by atoms with Crippen molar-refractivity contribution in [1.29, 1.82) is 0 Å². The number of ketones is 1. The number of rotatable bonds is 2. The second-order valence-corrected chi connectivity index (χ2v) is 4.71. The second kappa shape index (κ2) is 4.81. The predicted octanol–water partition coefficient (Wildman–Crippen LogP) is 2.84. The summed E-state index contributed by atoms with van der Waals surface area (Å²) in [6.07, 6.45) is 0.161. The molecule has 0 amide bonds. The van der Waals surface area contributed by atoms with Crippen molar-refractivity contribution >= 4 is 11.8 Å². The zero-order chi connectivity index (χ0) is 14.1. The fraction of sp³-hybridized carbons (Fsp3) is 0.125. The Bertz CT molecular complexity index is 703. The van der Waals surface area contributed by atoms with Gasteiger partial charge in [0.05, 0.1) is 12.0 Å². The second-order valence-electron chi connectivity index (χ2n) is 4.71. The van der Waals surface area contributed by atoms with E-state index in [0.29, 0.717) is 22.6 Å². The molecule has 20 heavy (non-hydrogen) atoms. The van der Waals surface area contributed by atoms with Crippen LogP contribution in [0.25, 0.3) is 0 Å². The van der Waals surface area contributed by atoms with Gasteiger partial charge in [-0.2, -0.15) is 0 Å². The fourth-order valence-corrected chi connectivity index (χ4v) is 2.33. The van der Waals surface area contributed by atoms with Gasteiger partial charge in [0.15, 0.2) is 5.78 Å². The third-order valence-corrected chi connectivity index (χ3v) is 3.24. The minimum atomic E-state index is -0.894. The zero-order valence-corrected chi connectivity index (χ0v) is 10.6. The van der Waals surface area contributed by atoms with Gasteiger partial charge in [0.25, 0.3) is 0 Å². The number of ether oxygens (including phenoxy) is 1. The van der Waals surface area contributed by atoms with E-state index in [1.165, 1.54) is 0 Å². The van der Waals surface area contributed by atoms with Gasteiger partial charge in [-0.3, -0.25) is 9.59 Å². The summed E-state index contributed by atoms with van der Waals surface area (Å²) in [5.74, 6) is 0.237. The Morgan fingerprint density at radius 3 is 2.75 bits per heavy atom. The molecule has 0 spiro atoms. The normalized spacial score (nSPS) is 12.9. The molecule has 4 nitrogen and oxygen atoms in total. The number of benzene rings is 2. The predicted molar refractivity (Wildman–Crippen MR) is 72.3 cm³/mol. The molecule has 0 radical (unpaired) electrons. The van der Waals surface area contributed by atoms with Crippen molar-refractivity contribution < 1.29 is 19.4 Å². The molecule has 0 aromatic heterocycles. The first-order valence-electron chi connectivity index (χ1n) is 6.27. The Morgan fingerprint density at radius 1 is 1.15 bits per heavy atom. The number of hydrogen-bond acceptors (Lipinski definition) is 3. The third-order valence-electron chi connectivity index (χ3n) is 3.24. The summed E-state index contributed by atoms with van der Waals surface area (Å²) >= 11 is 0. The van der Waals surface area contributed by atoms with Crippen LogP contribution in [0.5, 0.6) is 11.5 Å². The Labute approximate surface area is 115 Å². The van der Waals surface area contributed by atoms with Crippen LogP contribution in [-0.2, 0) is 17.6 Å². The number of Topliss-reactive ketones (excluding diaryl/α,β-unsaturated/α-hetero) is 1.